The molecule has 3 aromatic heterocycles. The van der Waals surface area contributed by atoms with E-state index >= 15 is 0 Å². The van der Waals surface area contributed by atoms with Crippen molar-refractivity contribution in [3.8, 4) is 28.9 Å². The number of methoxy groups -OCH3 is 1. The molecule has 0 spiro atoms. The van der Waals surface area contributed by atoms with E-state index in [1.54, 1.807) is 12.1 Å². The first-order chi connectivity index (χ1) is 9.67. The number of nitrogens with zero attached hydrogens (tertiary/aromatic N) is 4. The lowest BCUT2D eigenvalue weighted by Crippen LogP contribution is -1.93. The number of rotatable bonds is 3. The maximum atomic E-state index is 5.91. The van der Waals surface area contributed by atoms with E-state index in [2.05, 4.69) is 20.3 Å². The van der Waals surface area contributed by atoms with Crippen molar-refractivity contribution in [1.82, 2.24) is 20.3 Å². The van der Waals surface area contributed by atoms with Gasteiger partial charge in [0, 0.05) is 10.9 Å². The average molecular weight is 289 g/mol. The Labute approximate surface area is 118 Å². The molecule has 20 heavy (non-hydrogen) atoms. The van der Waals surface area contributed by atoms with Gasteiger partial charge in [-0.05, 0) is 19.1 Å². The fourth-order valence-corrected chi connectivity index (χ4v) is 2.46. The Morgan fingerprint density at radius 2 is 2.15 bits per heavy atom. The molecule has 0 bridgehead atoms. The van der Waals surface area contributed by atoms with Gasteiger partial charge in [0.25, 0.3) is 5.89 Å². The molecule has 0 aliphatic heterocycles. The molecule has 0 aliphatic carbocycles. The van der Waals surface area contributed by atoms with Crippen molar-refractivity contribution in [1.29, 1.82) is 0 Å². The third-order valence-electron chi connectivity index (χ3n) is 2.62. The van der Waals surface area contributed by atoms with Gasteiger partial charge in [-0.3, -0.25) is 0 Å². The highest BCUT2D eigenvalue weighted by Crippen LogP contribution is 2.33. The van der Waals surface area contributed by atoms with Crippen LogP contribution < -0.4 is 10.5 Å². The number of aromatic nitrogens is 4. The van der Waals surface area contributed by atoms with Gasteiger partial charge in [-0.1, -0.05) is 5.16 Å². The third-order valence-corrected chi connectivity index (χ3v) is 3.50. The minimum atomic E-state index is 0.360. The van der Waals surface area contributed by atoms with E-state index in [9.17, 15) is 0 Å². The van der Waals surface area contributed by atoms with Crippen molar-refractivity contribution in [2.45, 2.75) is 6.92 Å². The lowest BCUT2D eigenvalue weighted by molar-refractivity contribution is 0.392. The predicted octanol–water partition coefficient (Wildman–Crippen LogP) is 2.15. The Morgan fingerprint density at radius 1 is 1.30 bits per heavy atom. The van der Waals surface area contributed by atoms with Crippen LogP contribution in [-0.2, 0) is 0 Å². The van der Waals surface area contributed by atoms with Crippen molar-refractivity contribution >= 4 is 16.3 Å². The van der Waals surface area contributed by atoms with Crippen LogP contribution in [-0.4, -0.2) is 27.4 Å². The maximum Gasteiger partial charge on any atom is 0.261 e. The maximum absolute atomic E-state index is 5.91. The number of anilines is 1. The molecule has 102 valence electrons. The summed E-state index contributed by atoms with van der Waals surface area (Å²) in [5, 5.41) is 12.4. The second-order valence-electron chi connectivity index (χ2n) is 4.02. The zero-order valence-electron chi connectivity index (χ0n) is 10.8. The van der Waals surface area contributed by atoms with Crippen LogP contribution >= 0.6 is 11.3 Å². The molecule has 0 saturated heterocycles. The summed E-state index contributed by atoms with van der Waals surface area (Å²) < 4.78 is 10.2. The molecule has 0 fully saturated rings. The van der Waals surface area contributed by atoms with Crippen molar-refractivity contribution in [3.05, 3.63) is 23.1 Å². The van der Waals surface area contributed by atoms with Gasteiger partial charge in [0.05, 0.1) is 17.7 Å². The molecule has 3 heterocycles. The van der Waals surface area contributed by atoms with Gasteiger partial charge in [-0.25, -0.2) is 0 Å². The van der Waals surface area contributed by atoms with E-state index in [0.29, 0.717) is 28.3 Å². The van der Waals surface area contributed by atoms with Crippen LogP contribution in [0, 0.1) is 6.92 Å². The average Bonchev–Trinajstić information content (AvgIpc) is 3.05. The highest BCUT2D eigenvalue weighted by molar-refractivity contribution is 7.16. The highest BCUT2D eigenvalue weighted by Gasteiger charge is 2.16. The molecule has 2 N–H and O–H groups in total. The number of hydrogen-bond donors (Lipinski definition) is 1. The minimum absolute atomic E-state index is 0.360. The van der Waals surface area contributed by atoms with Crippen molar-refractivity contribution in [2.24, 2.45) is 0 Å². The van der Waals surface area contributed by atoms with Gasteiger partial charge in [-0.2, -0.15) is 4.98 Å². The molecule has 3 aromatic rings. The summed E-state index contributed by atoms with van der Waals surface area (Å²) in [4.78, 5) is 5.37. The van der Waals surface area contributed by atoms with Gasteiger partial charge in [-0.15, -0.1) is 21.5 Å². The summed E-state index contributed by atoms with van der Waals surface area (Å²) in [5.41, 5.74) is 7.15. The topological polar surface area (TPSA) is 100.0 Å². The zero-order valence-corrected chi connectivity index (χ0v) is 11.6. The lowest BCUT2D eigenvalue weighted by Gasteiger charge is -1.96. The van der Waals surface area contributed by atoms with E-state index in [1.165, 1.54) is 18.4 Å². The smallest absolute Gasteiger partial charge is 0.261 e. The number of nitrogens with two attached hydrogens (primary N) is 1. The molecule has 8 heteroatoms. The highest BCUT2D eigenvalue weighted by atomic mass is 32.1. The molecule has 0 aliphatic rings. The van der Waals surface area contributed by atoms with Crippen molar-refractivity contribution in [3.63, 3.8) is 0 Å². The Morgan fingerprint density at radius 3 is 2.75 bits per heavy atom. The molecule has 0 aromatic carbocycles. The molecular weight excluding hydrogens is 278 g/mol. The number of hydrogen-bond acceptors (Lipinski definition) is 8. The summed E-state index contributed by atoms with van der Waals surface area (Å²) in [6.45, 7) is 1.97. The number of aryl methyl sites for hydroxylation is 1. The minimum Gasteiger partial charge on any atom is -0.480 e. The van der Waals surface area contributed by atoms with Crippen LogP contribution in [0.2, 0.25) is 0 Å². The molecule has 7 nitrogen and oxygen atoms in total. The van der Waals surface area contributed by atoms with Crippen LogP contribution in [0.15, 0.2) is 22.7 Å². The fourth-order valence-electron chi connectivity index (χ4n) is 1.68. The van der Waals surface area contributed by atoms with E-state index in [4.69, 9.17) is 15.0 Å². The van der Waals surface area contributed by atoms with Crippen molar-refractivity contribution < 1.29 is 9.26 Å². The van der Waals surface area contributed by atoms with E-state index in [1.807, 2.05) is 13.0 Å². The zero-order chi connectivity index (χ0) is 14.1. The van der Waals surface area contributed by atoms with Gasteiger partial charge >= 0.3 is 0 Å². The van der Waals surface area contributed by atoms with Crippen LogP contribution in [0.25, 0.3) is 23.0 Å². The number of thiophene rings is 1. The number of ether oxygens (including phenoxy) is 1. The molecule has 0 atom stereocenters. The summed E-state index contributed by atoms with van der Waals surface area (Å²) in [5.74, 6) is 1.16. The van der Waals surface area contributed by atoms with Crippen LogP contribution in [0.5, 0.6) is 5.88 Å². The Bertz CT molecular complexity index is 735. The molecule has 3 rings (SSSR count). The Balaban J connectivity index is 1.95. The van der Waals surface area contributed by atoms with E-state index in [0.717, 1.165) is 10.4 Å². The van der Waals surface area contributed by atoms with Crippen LogP contribution in [0.3, 0.4) is 0 Å². The largest absolute Gasteiger partial charge is 0.480 e. The van der Waals surface area contributed by atoms with Gasteiger partial charge in [0.15, 0.2) is 0 Å². The number of nitrogen functional groups attached to an aromatic ring is 1. The second-order valence-corrected chi connectivity index (χ2v) is 5.31. The quantitative estimate of drug-likeness (QED) is 0.788. The van der Waals surface area contributed by atoms with E-state index in [-0.39, 0.29) is 0 Å². The summed E-state index contributed by atoms with van der Waals surface area (Å²) in [6, 6.07) is 5.31. The van der Waals surface area contributed by atoms with Gasteiger partial charge in [0.2, 0.25) is 11.7 Å². The molecule has 0 amide bonds. The first-order valence-corrected chi connectivity index (χ1v) is 6.57. The molecule has 0 unspecified atom stereocenters. The van der Waals surface area contributed by atoms with Crippen LogP contribution in [0.4, 0.5) is 5.00 Å². The lowest BCUT2D eigenvalue weighted by atomic mass is 10.3. The Kier molecular flexibility index (Phi) is 3.07. The standard InChI is InChI=1S/C12H11N5O2S/c1-6-5-7(10(13)20-6)12-14-11(17-19-12)8-3-4-9(18-2)16-15-8/h3-5H,13H2,1-2H3. The SMILES string of the molecule is COc1ccc(-c2noc(-c3cc(C)sc3N)n2)nn1. The monoisotopic (exact) mass is 289 g/mol. The molecular formula is C12H11N5O2S. The normalized spacial score (nSPS) is 10.7. The molecule has 0 saturated carbocycles. The van der Waals surface area contributed by atoms with Gasteiger partial charge < -0.3 is 15.0 Å². The summed E-state index contributed by atoms with van der Waals surface area (Å²) in [6.07, 6.45) is 0. The Hall–Kier alpha value is -2.48. The van der Waals surface area contributed by atoms with E-state index < -0.39 is 0 Å². The fraction of sp³-hybridized carbons (Fsp3) is 0.167. The summed E-state index contributed by atoms with van der Waals surface area (Å²) >= 11 is 1.48. The van der Waals surface area contributed by atoms with Crippen molar-refractivity contribution in [2.75, 3.05) is 12.8 Å². The first kappa shape index (κ1) is 12.5. The van der Waals surface area contributed by atoms with Gasteiger partial charge in [0.1, 0.15) is 5.69 Å². The van der Waals surface area contributed by atoms with Crippen LogP contribution in [0.1, 0.15) is 4.88 Å². The third kappa shape index (κ3) is 2.21. The first-order valence-electron chi connectivity index (χ1n) is 5.75. The second kappa shape index (κ2) is 4.89. The summed E-state index contributed by atoms with van der Waals surface area (Å²) in [7, 11) is 1.53. The molecule has 0 radical (unpaired) electrons. The predicted molar refractivity (Wildman–Crippen MR) is 74.3 cm³/mol.